The lowest BCUT2D eigenvalue weighted by Crippen LogP contribution is -2.46. The highest BCUT2D eigenvalue weighted by Crippen LogP contribution is 2.25. The summed E-state index contributed by atoms with van der Waals surface area (Å²) < 4.78 is 5.09. The Hall–Kier alpha value is -3.52. The van der Waals surface area contributed by atoms with Gasteiger partial charge < -0.3 is 15.6 Å². The van der Waals surface area contributed by atoms with Crippen molar-refractivity contribution in [3.63, 3.8) is 0 Å². The van der Waals surface area contributed by atoms with Gasteiger partial charge in [-0.1, -0.05) is 42.5 Å². The van der Waals surface area contributed by atoms with Crippen LogP contribution < -0.4 is 5.73 Å². The molecule has 8 nitrogen and oxygen atoms in total. The topological polar surface area (TPSA) is 127 Å². The predicted molar refractivity (Wildman–Crippen MR) is 102 cm³/mol. The van der Waals surface area contributed by atoms with Crippen LogP contribution in [0, 0.1) is 5.92 Å². The van der Waals surface area contributed by atoms with Crippen molar-refractivity contribution < 1.29 is 29.0 Å². The number of imide groups is 1. The van der Waals surface area contributed by atoms with Crippen LogP contribution in [-0.4, -0.2) is 39.9 Å². The number of hydrogen-bond acceptors (Lipinski definition) is 6. The molecular formula is C21H20N2O6. The maximum atomic E-state index is 12.4. The molecule has 2 aromatic rings. The van der Waals surface area contributed by atoms with Crippen molar-refractivity contribution in [3.8, 4) is 0 Å². The van der Waals surface area contributed by atoms with Gasteiger partial charge in [-0.3, -0.25) is 24.1 Å². The van der Waals surface area contributed by atoms with Crippen LogP contribution in [0.5, 0.6) is 0 Å². The number of fused-ring (bicyclic) bond motifs is 1. The molecule has 0 aliphatic carbocycles. The molecule has 1 aliphatic rings. The molecule has 2 amide bonds. The second-order valence-corrected chi connectivity index (χ2v) is 6.65. The van der Waals surface area contributed by atoms with Crippen LogP contribution in [0.2, 0.25) is 0 Å². The molecule has 3 rings (SSSR count). The first-order chi connectivity index (χ1) is 13.9. The molecule has 2 aromatic carbocycles. The van der Waals surface area contributed by atoms with E-state index in [0.29, 0.717) is 0 Å². The zero-order chi connectivity index (χ0) is 21.0. The first-order valence-electron chi connectivity index (χ1n) is 9.06. The van der Waals surface area contributed by atoms with Crippen LogP contribution in [0.15, 0.2) is 54.6 Å². The Morgan fingerprint density at radius 2 is 1.48 bits per heavy atom. The molecule has 0 saturated carbocycles. The van der Waals surface area contributed by atoms with Crippen LogP contribution in [0.1, 0.15) is 39.1 Å². The maximum absolute atomic E-state index is 12.4. The first kappa shape index (κ1) is 20.2. The van der Waals surface area contributed by atoms with Gasteiger partial charge in [-0.25, -0.2) is 0 Å². The number of carboxylic acid groups (broad SMARTS) is 1. The van der Waals surface area contributed by atoms with E-state index in [1.165, 1.54) is 12.1 Å². The summed E-state index contributed by atoms with van der Waals surface area (Å²) in [6.07, 6.45) is -1.27. The van der Waals surface area contributed by atoms with Crippen molar-refractivity contribution in [2.24, 2.45) is 11.7 Å². The molecule has 0 spiro atoms. The second kappa shape index (κ2) is 8.66. The maximum Gasteiger partial charge on any atom is 0.320 e. The lowest BCUT2D eigenvalue weighted by molar-refractivity contribution is -0.160. The number of rotatable bonds is 8. The number of aliphatic carboxylic acids is 1. The van der Waals surface area contributed by atoms with Crippen molar-refractivity contribution in [2.45, 2.75) is 25.6 Å². The Morgan fingerprint density at radius 1 is 0.931 bits per heavy atom. The molecule has 1 aliphatic heterocycles. The van der Waals surface area contributed by atoms with Crippen LogP contribution >= 0.6 is 0 Å². The Labute approximate surface area is 166 Å². The van der Waals surface area contributed by atoms with Crippen molar-refractivity contribution in [1.82, 2.24) is 4.90 Å². The van der Waals surface area contributed by atoms with Gasteiger partial charge in [0.2, 0.25) is 0 Å². The summed E-state index contributed by atoms with van der Waals surface area (Å²) in [6, 6.07) is 15.2. The number of nitrogens with two attached hydrogens (primary N) is 1. The highest BCUT2D eigenvalue weighted by Gasteiger charge is 2.39. The third-order valence-electron chi connectivity index (χ3n) is 4.71. The molecule has 29 heavy (non-hydrogen) atoms. The molecule has 1 heterocycles. The van der Waals surface area contributed by atoms with Crippen molar-refractivity contribution >= 4 is 23.8 Å². The number of carbonyl (C=O) groups excluding carboxylic acids is 3. The molecule has 0 fully saturated rings. The normalized spacial score (nSPS) is 15.0. The van der Waals surface area contributed by atoms with Crippen molar-refractivity contribution in [1.29, 1.82) is 0 Å². The number of hydrogen-bond donors (Lipinski definition) is 2. The fraction of sp³-hybridized carbons (Fsp3) is 0.238. The number of esters is 1. The zero-order valence-electron chi connectivity index (χ0n) is 15.5. The van der Waals surface area contributed by atoms with Gasteiger partial charge in [-0.2, -0.15) is 0 Å². The summed E-state index contributed by atoms with van der Waals surface area (Å²) in [5, 5.41) is 9.38. The van der Waals surface area contributed by atoms with Crippen LogP contribution in [0.3, 0.4) is 0 Å². The van der Waals surface area contributed by atoms with E-state index in [1.807, 2.05) is 6.07 Å². The van der Waals surface area contributed by atoms with Crippen LogP contribution in [-0.2, 0) is 20.9 Å². The minimum absolute atomic E-state index is 0.0477. The number of amides is 2. The smallest absolute Gasteiger partial charge is 0.320 e. The average molecular weight is 396 g/mol. The summed E-state index contributed by atoms with van der Waals surface area (Å²) in [4.78, 5) is 49.5. The average Bonchev–Trinajstić information content (AvgIpc) is 2.97. The number of carbonyl (C=O) groups is 4. The summed E-state index contributed by atoms with van der Waals surface area (Å²) in [7, 11) is 0. The number of benzene rings is 2. The quantitative estimate of drug-likeness (QED) is 0.396. The molecule has 0 bridgehead atoms. The van der Waals surface area contributed by atoms with Gasteiger partial charge in [0.05, 0.1) is 17.3 Å². The Balaban J connectivity index is 1.60. The van der Waals surface area contributed by atoms with Gasteiger partial charge in [0.25, 0.3) is 11.8 Å². The van der Waals surface area contributed by atoms with Crippen LogP contribution in [0.4, 0.5) is 0 Å². The second-order valence-electron chi connectivity index (χ2n) is 6.65. The Bertz CT molecular complexity index is 908. The Morgan fingerprint density at radius 3 is 2.03 bits per heavy atom. The fourth-order valence-electron chi connectivity index (χ4n) is 3.15. The lowest BCUT2D eigenvalue weighted by Gasteiger charge is -2.23. The summed E-state index contributed by atoms with van der Waals surface area (Å²) in [5.74, 6) is -4.75. The molecule has 0 aromatic heterocycles. The number of carboxylic acids is 1. The summed E-state index contributed by atoms with van der Waals surface area (Å²) in [5.41, 5.74) is 7.23. The molecule has 0 saturated heterocycles. The van der Waals surface area contributed by atoms with Gasteiger partial charge in [0.1, 0.15) is 6.61 Å². The lowest BCUT2D eigenvalue weighted by atomic mass is 10.0. The highest BCUT2D eigenvalue weighted by atomic mass is 16.5. The standard InChI is InChI=1S/C21H20N2O6/c22-17(23-18(24)14-8-4-5-9-15(14)19(23)25)11-10-16(20(26)27)21(28)29-12-13-6-2-1-3-7-13/h1-9,16-17H,10-12,22H2,(H,26,27). The summed E-state index contributed by atoms with van der Waals surface area (Å²) in [6.45, 7) is -0.0477. The van der Waals surface area contributed by atoms with E-state index in [1.54, 1.807) is 36.4 Å². The number of nitrogens with zero attached hydrogens (tertiary/aromatic N) is 1. The molecule has 2 unspecified atom stereocenters. The minimum Gasteiger partial charge on any atom is -0.481 e. The third kappa shape index (κ3) is 4.33. The predicted octanol–water partition coefficient (Wildman–Crippen LogP) is 1.79. The van der Waals surface area contributed by atoms with E-state index in [4.69, 9.17) is 10.5 Å². The van der Waals surface area contributed by atoms with Gasteiger partial charge in [0, 0.05) is 0 Å². The molecule has 2 atom stereocenters. The van der Waals surface area contributed by atoms with E-state index in [-0.39, 0.29) is 30.6 Å². The van der Waals surface area contributed by atoms with Crippen molar-refractivity contribution in [3.05, 3.63) is 71.3 Å². The first-order valence-corrected chi connectivity index (χ1v) is 9.06. The SMILES string of the molecule is NC(CCC(C(=O)O)C(=O)OCc1ccccc1)N1C(=O)c2ccccc2C1=O. The third-order valence-corrected chi connectivity index (χ3v) is 4.71. The molecule has 3 N–H and O–H groups in total. The largest absolute Gasteiger partial charge is 0.481 e. The van der Waals surface area contributed by atoms with Gasteiger partial charge in [0.15, 0.2) is 5.92 Å². The zero-order valence-corrected chi connectivity index (χ0v) is 15.5. The van der Waals surface area contributed by atoms with Gasteiger partial charge in [-0.05, 0) is 30.5 Å². The summed E-state index contributed by atoms with van der Waals surface area (Å²) >= 11 is 0. The van der Waals surface area contributed by atoms with Crippen LogP contribution in [0.25, 0.3) is 0 Å². The van der Waals surface area contributed by atoms with Gasteiger partial charge in [-0.15, -0.1) is 0 Å². The number of ether oxygens (including phenoxy) is 1. The van der Waals surface area contributed by atoms with E-state index >= 15 is 0 Å². The van der Waals surface area contributed by atoms with E-state index in [0.717, 1.165) is 10.5 Å². The monoisotopic (exact) mass is 396 g/mol. The molecule has 8 heteroatoms. The molecule has 150 valence electrons. The molecule has 0 radical (unpaired) electrons. The highest BCUT2D eigenvalue weighted by molar-refractivity contribution is 6.21. The van der Waals surface area contributed by atoms with Crippen molar-refractivity contribution in [2.75, 3.05) is 0 Å². The van der Waals surface area contributed by atoms with E-state index < -0.39 is 35.8 Å². The van der Waals surface area contributed by atoms with Gasteiger partial charge >= 0.3 is 11.9 Å². The van der Waals surface area contributed by atoms with E-state index in [9.17, 15) is 24.3 Å². The molecular weight excluding hydrogens is 376 g/mol. The fourth-order valence-corrected chi connectivity index (χ4v) is 3.15. The Kier molecular flexibility index (Phi) is 6.04. The minimum atomic E-state index is -1.44. The van der Waals surface area contributed by atoms with E-state index in [2.05, 4.69) is 0 Å².